The maximum atomic E-state index is 12.9. The van der Waals surface area contributed by atoms with Gasteiger partial charge in [0.1, 0.15) is 68.3 Å². The summed E-state index contributed by atoms with van der Waals surface area (Å²) in [4.78, 5) is 25.8. The highest BCUT2D eigenvalue weighted by Crippen LogP contribution is 2.32. The van der Waals surface area contributed by atoms with E-state index < -0.39 is 48.9 Å². The Bertz CT molecular complexity index is 1440. The monoisotopic (exact) mass is 730 g/mol. The first-order chi connectivity index (χ1) is 25.2. The number of epoxide rings is 1. The first-order valence-corrected chi connectivity index (χ1v) is 18.0. The molecule has 0 bridgehead atoms. The van der Waals surface area contributed by atoms with Crippen molar-refractivity contribution in [3.05, 3.63) is 59.7 Å². The molecule has 0 spiro atoms. The Labute approximate surface area is 304 Å². The van der Waals surface area contributed by atoms with Crippen LogP contribution in [0.5, 0.6) is 11.5 Å². The van der Waals surface area contributed by atoms with Crippen molar-refractivity contribution in [2.24, 2.45) is 5.41 Å². The van der Waals surface area contributed by atoms with Gasteiger partial charge in [-0.05, 0) is 61.9 Å². The molecule has 0 radical (unpaired) electrons. The summed E-state index contributed by atoms with van der Waals surface area (Å²) in [5.74, 6) is 0.106. The van der Waals surface area contributed by atoms with Crippen LogP contribution in [-0.4, -0.2) is 114 Å². The lowest BCUT2D eigenvalue weighted by Crippen LogP contribution is -2.59. The minimum Gasteiger partial charge on any atom is -0.465 e. The Morgan fingerprint density at radius 1 is 0.692 bits per heavy atom. The van der Waals surface area contributed by atoms with E-state index in [1.54, 1.807) is 48.5 Å². The molecule has 0 aromatic heterocycles. The average Bonchev–Trinajstić information content (AvgIpc) is 3.90. The van der Waals surface area contributed by atoms with Crippen molar-refractivity contribution in [2.75, 3.05) is 59.8 Å². The van der Waals surface area contributed by atoms with Crippen molar-refractivity contribution in [3.63, 3.8) is 0 Å². The molecular weight excluding hydrogens is 680 g/mol. The third-order valence-electron chi connectivity index (χ3n) is 9.63. The Hall–Kier alpha value is -3.34. The van der Waals surface area contributed by atoms with Crippen molar-refractivity contribution in [1.82, 2.24) is 0 Å². The standard InChI is InChI=1S/C38H50O14/c1-5-31(44-18-37(4)19-50-37)51-27-12-8-25(9-13-27)35(39)42-16-29-33-34(49-23-46-29)30(47-24-48-33)17-43-36(40)26-10-14-28(15-11-26)52-32(6-2)45-22-38(7-3)20-41-21-38/h8-15,29-34H,5-7,16-24H2,1-4H3. The molecule has 4 saturated heterocycles. The van der Waals surface area contributed by atoms with Crippen LogP contribution in [0, 0.1) is 5.41 Å². The van der Waals surface area contributed by atoms with Crippen LogP contribution in [0.2, 0.25) is 0 Å². The first-order valence-electron chi connectivity index (χ1n) is 18.0. The lowest BCUT2D eigenvalue weighted by atomic mass is 9.84. The second-order valence-electron chi connectivity index (χ2n) is 13.8. The van der Waals surface area contributed by atoms with Crippen molar-refractivity contribution in [2.45, 2.75) is 89.6 Å². The summed E-state index contributed by atoms with van der Waals surface area (Å²) in [5, 5.41) is 0. The van der Waals surface area contributed by atoms with Crippen molar-refractivity contribution < 1.29 is 66.4 Å². The molecule has 2 aromatic carbocycles. The summed E-state index contributed by atoms with van der Waals surface area (Å²) in [6.45, 7) is 10.9. The molecule has 14 nitrogen and oxygen atoms in total. The molecule has 52 heavy (non-hydrogen) atoms. The maximum Gasteiger partial charge on any atom is 0.338 e. The van der Waals surface area contributed by atoms with E-state index in [-0.39, 0.29) is 37.8 Å². The van der Waals surface area contributed by atoms with E-state index in [9.17, 15) is 9.59 Å². The molecule has 0 saturated carbocycles. The summed E-state index contributed by atoms with van der Waals surface area (Å²) >= 11 is 0. The van der Waals surface area contributed by atoms with Crippen LogP contribution in [0.4, 0.5) is 0 Å². The van der Waals surface area contributed by atoms with Gasteiger partial charge in [0.25, 0.3) is 0 Å². The van der Waals surface area contributed by atoms with E-state index in [1.165, 1.54) is 0 Å². The first kappa shape index (κ1) is 38.4. The number of hydrogen-bond donors (Lipinski definition) is 0. The highest BCUT2D eigenvalue weighted by atomic mass is 16.8. The number of ether oxygens (including phenoxy) is 12. The van der Waals surface area contributed by atoms with Gasteiger partial charge in [-0.3, -0.25) is 0 Å². The van der Waals surface area contributed by atoms with Gasteiger partial charge in [-0.15, -0.1) is 0 Å². The van der Waals surface area contributed by atoms with E-state index in [0.717, 1.165) is 6.42 Å². The van der Waals surface area contributed by atoms with Crippen LogP contribution in [-0.2, 0) is 47.4 Å². The molecule has 4 fully saturated rings. The maximum absolute atomic E-state index is 12.9. The Balaban J connectivity index is 0.935. The van der Waals surface area contributed by atoms with Crippen molar-refractivity contribution in [1.29, 1.82) is 0 Å². The summed E-state index contributed by atoms with van der Waals surface area (Å²) in [6, 6.07) is 13.4. The number of benzene rings is 2. The lowest BCUT2D eigenvalue weighted by Gasteiger charge is -2.43. The predicted octanol–water partition coefficient (Wildman–Crippen LogP) is 4.66. The Morgan fingerprint density at radius 2 is 1.15 bits per heavy atom. The van der Waals surface area contributed by atoms with E-state index in [4.69, 9.17) is 56.8 Å². The minimum atomic E-state index is -0.620. The molecule has 14 heteroatoms. The van der Waals surface area contributed by atoms with Gasteiger partial charge in [0, 0.05) is 18.3 Å². The van der Waals surface area contributed by atoms with Gasteiger partial charge in [0.2, 0.25) is 0 Å². The summed E-state index contributed by atoms with van der Waals surface area (Å²) in [6.07, 6.45) is -0.994. The van der Waals surface area contributed by atoms with Crippen LogP contribution >= 0.6 is 0 Å². The van der Waals surface area contributed by atoms with Gasteiger partial charge in [-0.1, -0.05) is 20.8 Å². The third-order valence-corrected chi connectivity index (χ3v) is 9.63. The quantitative estimate of drug-likeness (QED) is 0.112. The average molecular weight is 731 g/mol. The van der Waals surface area contributed by atoms with E-state index in [1.807, 2.05) is 20.8 Å². The molecule has 7 atom stereocenters. The van der Waals surface area contributed by atoms with Gasteiger partial charge in [0.05, 0.1) is 44.2 Å². The molecule has 0 amide bonds. The van der Waals surface area contributed by atoms with Crippen LogP contribution < -0.4 is 9.47 Å². The molecule has 0 aliphatic carbocycles. The molecule has 0 N–H and O–H groups in total. The Kier molecular flexibility index (Phi) is 13.0. The molecule has 4 aliphatic rings. The number of carbonyl (C=O) groups excluding carboxylic acids is 2. The van der Waals surface area contributed by atoms with Gasteiger partial charge < -0.3 is 56.8 Å². The molecular formula is C38H50O14. The summed E-state index contributed by atoms with van der Waals surface area (Å²) < 4.78 is 68.8. The molecule has 2 aromatic rings. The highest BCUT2D eigenvalue weighted by molar-refractivity contribution is 5.90. The normalized spacial score (nSPS) is 27.3. The zero-order valence-electron chi connectivity index (χ0n) is 30.3. The Morgan fingerprint density at radius 3 is 1.54 bits per heavy atom. The zero-order chi connectivity index (χ0) is 36.6. The number of rotatable bonds is 19. The van der Waals surface area contributed by atoms with Crippen LogP contribution in [0.1, 0.15) is 67.7 Å². The second kappa shape index (κ2) is 17.7. The zero-order valence-corrected chi connectivity index (χ0v) is 30.3. The third kappa shape index (κ3) is 9.99. The van der Waals surface area contributed by atoms with Gasteiger partial charge in [-0.2, -0.15) is 0 Å². The van der Waals surface area contributed by atoms with E-state index in [0.29, 0.717) is 68.5 Å². The molecule has 4 heterocycles. The van der Waals surface area contributed by atoms with E-state index in [2.05, 4.69) is 6.92 Å². The fourth-order valence-corrected chi connectivity index (χ4v) is 5.83. The SMILES string of the molecule is CCC(OCC1(CC)COC1)Oc1ccc(C(=O)OCC2OCOC3C(COC(=O)c4ccc(OC(CC)OCC5(C)CO5)cc4)OCOC23)cc1. The number of fused-ring (bicyclic) bond motifs is 1. The number of carbonyl (C=O) groups is 2. The molecule has 286 valence electrons. The van der Waals surface area contributed by atoms with Gasteiger partial charge >= 0.3 is 11.9 Å². The van der Waals surface area contributed by atoms with Gasteiger partial charge in [-0.25, -0.2) is 9.59 Å². The highest BCUT2D eigenvalue weighted by Gasteiger charge is 2.45. The van der Waals surface area contributed by atoms with Crippen LogP contribution in [0.15, 0.2) is 48.5 Å². The summed E-state index contributed by atoms with van der Waals surface area (Å²) in [7, 11) is 0. The van der Waals surface area contributed by atoms with Crippen molar-refractivity contribution in [3.8, 4) is 11.5 Å². The molecule has 7 unspecified atom stereocenters. The molecule has 6 rings (SSSR count). The van der Waals surface area contributed by atoms with E-state index >= 15 is 0 Å². The number of hydrogen-bond acceptors (Lipinski definition) is 14. The number of esters is 2. The largest absolute Gasteiger partial charge is 0.465 e. The molecule has 4 aliphatic heterocycles. The fourth-order valence-electron chi connectivity index (χ4n) is 5.83. The van der Waals surface area contributed by atoms with Crippen LogP contribution in [0.3, 0.4) is 0 Å². The van der Waals surface area contributed by atoms with Crippen molar-refractivity contribution >= 4 is 11.9 Å². The van der Waals surface area contributed by atoms with Gasteiger partial charge in [0.15, 0.2) is 12.6 Å². The predicted molar refractivity (Wildman–Crippen MR) is 182 cm³/mol. The topological polar surface area (TPSA) is 148 Å². The summed E-state index contributed by atoms with van der Waals surface area (Å²) in [5.41, 5.74) is 0.539. The smallest absolute Gasteiger partial charge is 0.338 e. The fraction of sp³-hybridized carbons (Fsp3) is 0.632. The van der Waals surface area contributed by atoms with Crippen LogP contribution in [0.25, 0.3) is 0 Å². The second-order valence-corrected chi connectivity index (χ2v) is 13.8. The lowest BCUT2D eigenvalue weighted by molar-refractivity contribution is -0.328. The minimum absolute atomic E-state index is 0.0614.